The highest BCUT2D eigenvalue weighted by Gasteiger charge is 2.17. The Morgan fingerprint density at radius 1 is 1.52 bits per heavy atom. The largest absolute Gasteiger partial charge is 0.352 e. The van der Waals surface area contributed by atoms with E-state index >= 15 is 0 Å². The standard InChI is InChI=1S/C14H22BrN5O/c1-10(9-20-4-2-3-5-20)7-18-14(21)12-6-11(15)8-17-13(12)19-16/h6,8,10H,2-5,7,9,16H2,1H3,(H,17,19)(H,18,21). The van der Waals surface area contributed by atoms with Crippen LogP contribution in [0.1, 0.15) is 30.1 Å². The van der Waals surface area contributed by atoms with Crippen molar-refractivity contribution in [3.8, 4) is 0 Å². The molecule has 2 rings (SSSR count). The van der Waals surface area contributed by atoms with Crippen LogP contribution in [0.5, 0.6) is 0 Å². The minimum Gasteiger partial charge on any atom is -0.352 e. The lowest BCUT2D eigenvalue weighted by molar-refractivity contribution is 0.0945. The van der Waals surface area contributed by atoms with E-state index < -0.39 is 0 Å². The normalized spacial score (nSPS) is 16.7. The molecule has 1 aliphatic rings. The summed E-state index contributed by atoms with van der Waals surface area (Å²) in [5.41, 5.74) is 2.89. The summed E-state index contributed by atoms with van der Waals surface area (Å²) in [5, 5.41) is 2.95. The second-order valence-electron chi connectivity index (χ2n) is 5.52. The molecule has 0 saturated carbocycles. The first-order valence-electron chi connectivity index (χ1n) is 7.23. The van der Waals surface area contributed by atoms with Crippen LogP contribution in [0, 0.1) is 5.92 Å². The SMILES string of the molecule is CC(CNC(=O)c1cc(Br)cnc1NN)CN1CCCC1. The third-order valence-electron chi connectivity index (χ3n) is 3.62. The second-order valence-corrected chi connectivity index (χ2v) is 6.43. The molecule has 116 valence electrons. The molecule has 21 heavy (non-hydrogen) atoms. The molecule has 0 radical (unpaired) electrons. The van der Waals surface area contributed by atoms with Crippen LogP contribution < -0.4 is 16.6 Å². The van der Waals surface area contributed by atoms with E-state index in [1.54, 1.807) is 12.3 Å². The highest BCUT2D eigenvalue weighted by atomic mass is 79.9. The number of nitrogens with two attached hydrogens (primary N) is 1. The summed E-state index contributed by atoms with van der Waals surface area (Å²) in [6.07, 6.45) is 4.17. The fourth-order valence-electron chi connectivity index (χ4n) is 2.56. The number of hydrazine groups is 1. The van der Waals surface area contributed by atoms with Gasteiger partial charge < -0.3 is 15.6 Å². The van der Waals surface area contributed by atoms with E-state index in [2.05, 4.69) is 43.5 Å². The van der Waals surface area contributed by atoms with Gasteiger partial charge in [0.05, 0.1) is 5.56 Å². The summed E-state index contributed by atoms with van der Waals surface area (Å²) >= 11 is 3.31. The van der Waals surface area contributed by atoms with Crippen molar-refractivity contribution in [3.63, 3.8) is 0 Å². The van der Waals surface area contributed by atoms with Gasteiger partial charge in [-0.15, -0.1) is 0 Å². The molecule has 2 heterocycles. The van der Waals surface area contributed by atoms with Crippen molar-refractivity contribution in [1.82, 2.24) is 15.2 Å². The topological polar surface area (TPSA) is 83.3 Å². The molecule has 6 nitrogen and oxygen atoms in total. The lowest BCUT2D eigenvalue weighted by atomic mass is 10.1. The Balaban J connectivity index is 1.87. The Labute approximate surface area is 133 Å². The summed E-state index contributed by atoms with van der Waals surface area (Å²) in [5.74, 6) is 6.02. The maximum Gasteiger partial charge on any atom is 0.255 e. The summed E-state index contributed by atoms with van der Waals surface area (Å²) in [7, 11) is 0. The number of carbonyl (C=O) groups excluding carboxylic acids is 1. The number of hydrogen-bond donors (Lipinski definition) is 3. The number of hydrogen-bond acceptors (Lipinski definition) is 5. The van der Waals surface area contributed by atoms with Gasteiger partial charge in [0.1, 0.15) is 0 Å². The van der Waals surface area contributed by atoms with Gasteiger partial charge in [-0.05, 0) is 53.8 Å². The number of nitrogens with one attached hydrogen (secondary N) is 2. The number of pyridine rings is 1. The zero-order valence-corrected chi connectivity index (χ0v) is 13.8. The summed E-state index contributed by atoms with van der Waals surface area (Å²) in [6, 6.07) is 1.71. The number of nitrogen functional groups attached to an aromatic ring is 1. The number of halogens is 1. The van der Waals surface area contributed by atoms with Crippen LogP contribution in [-0.4, -0.2) is 42.0 Å². The van der Waals surface area contributed by atoms with E-state index in [0.717, 1.165) is 11.0 Å². The Morgan fingerprint density at radius 2 is 2.24 bits per heavy atom. The fraction of sp³-hybridized carbons (Fsp3) is 0.571. The van der Waals surface area contributed by atoms with Crippen LogP contribution in [0.25, 0.3) is 0 Å². The molecule has 1 atom stereocenters. The van der Waals surface area contributed by atoms with E-state index in [9.17, 15) is 4.79 Å². The van der Waals surface area contributed by atoms with Gasteiger partial charge in [0.2, 0.25) is 0 Å². The zero-order valence-electron chi connectivity index (χ0n) is 12.2. The molecule has 1 aromatic rings. The number of amides is 1. The monoisotopic (exact) mass is 355 g/mol. The van der Waals surface area contributed by atoms with Crippen LogP contribution in [0.3, 0.4) is 0 Å². The zero-order chi connectivity index (χ0) is 15.2. The molecule has 0 aliphatic carbocycles. The Bertz CT molecular complexity index is 490. The maximum atomic E-state index is 12.2. The van der Waals surface area contributed by atoms with Crippen molar-refractivity contribution in [2.24, 2.45) is 11.8 Å². The average Bonchev–Trinajstić information content (AvgIpc) is 2.97. The first-order valence-corrected chi connectivity index (χ1v) is 8.02. The van der Waals surface area contributed by atoms with Gasteiger partial charge in [-0.1, -0.05) is 6.92 Å². The average molecular weight is 356 g/mol. The van der Waals surface area contributed by atoms with Gasteiger partial charge in [-0.25, -0.2) is 10.8 Å². The van der Waals surface area contributed by atoms with Gasteiger partial charge in [-0.2, -0.15) is 0 Å². The van der Waals surface area contributed by atoms with Crippen molar-refractivity contribution in [1.29, 1.82) is 0 Å². The summed E-state index contributed by atoms with van der Waals surface area (Å²) in [4.78, 5) is 18.8. The predicted octanol–water partition coefficient (Wildman–Crippen LogP) is 1.59. The Morgan fingerprint density at radius 3 is 2.90 bits per heavy atom. The fourth-order valence-corrected chi connectivity index (χ4v) is 2.89. The number of nitrogens with zero attached hydrogens (tertiary/aromatic N) is 2. The molecule has 4 N–H and O–H groups in total. The van der Waals surface area contributed by atoms with Crippen molar-refractivity contribution in [2.45, 2.75) is 19.8 Å². The number of likely N-dealkylation sites (tertiary alicyclic amines) is 1. The number of aromatic nitrogens is 1. The minimum absolute atomic E-state index is 0.162. The van der Waals surface area contributed by atoms with Crippen molar-refractivity contribution in [2.75, 3.05) is 31.6 Å². The van der Waals surface area contributed by atoms with Gasteiger partial charge in [0, 0.05) is 23.8 Å². The molecule has 0 bridgehead atoms. The van der Waals surface area contributed by atoms with Crippen molar-refractivity contribution >= 4 is 27.7 Å². The van der Waals surface area contributed by atoms with Crippen molar-refractivity contribution < 1.29 is 4.79 Å². The highest BCUT2D eigenvalue weighted by molar-refractivity contribution is 9.10. The van der Waals surface area contributed by atoms with Gasteiger partial charge in [0.25, 0.3) is 5.91 Å². The summed E-state index contributed by atoms with van der Waals surface area (Å²) < 4.78 is 0.747. The predicted molar refractivity (Wildman–Crippen MR) is 86.9 cm³/mol. The molecular weight excluding hydrogens is 334 g/mol. The van der Waals surface area contributed by atoms with Crippen LogP contribution in [0.4, 0.5) is 5.82 Å². The van der Waals surface area contributed by atoms with Gasteiger partial charge in [0.15, 0.2) is 5.82 Å². The Hall–Kier alpha value is -1.18. The number of rotatable bonds is 6. The lowest BCUT2D eigenvalue weighted by Gasteiger charge is -2.20. The van der Waals surface area contributed by atoms with Crippen LogP contribution in [0.15, 0.2) is 16.7 Å². The third kappa shape index (κ3) is 4.66. The molecule has 7 heteroatoms. The van der Waals surface area contributed by atoms with E-state index in [1.165, 1.54) is 25.9 Å². The van der Waals surface area contributed by atoms with Gasteiger partial charge >= 0.3 is 0 Å². The summed E-state index contributed by atoms with van der Waals surface area (Å²) in [6.45, 7) is 6.18. The molecule has 1 aromatic heterocycles. The van der Waals surface area contributed by atoms with Crippen molar-refractivity contribution in [3.05, 3.63) is 22.3 Å². The molecule has 1 amide bonds. The van der Waals surface area contributed by atoms with Gasteiger partial charge in [-0.3, -0.25) is 4.79 Å². The molecule has 1 saturated heterocycles. The molecule has 1 fully saturated rings. The van der Waals surface area contributed by atoms with E-state index in [-0.39, 0.29) is 5.91 Å². The maximum absolute atomic E-state index is 12.2. The van der Waals surface area contributed by atoms with E-state index in [4.69, 9.17) is 5.84 Å². The smallest absolute Gasteiger partial charge is 0.255 e. The quantitative estimate of drug-likeness (QED) is 0.533. The van der Waals surface area contributed by atoms with Crippen LogP contribution >= 0.6 is 15.9 Å². The molecular formula is C14H22BrN5O. The lowest BCUT2D eigenvalue weighted by Crippen LogP contribution is -2.35. The van der Waals surface area contributed by atoms with E-state index in [0.29, 0.717) is 23.8 Å². The minimum atomic E-state index is -0.162. The van der Waals surface area contributed by atoms with E-state index in [1.807, 2.05) is 0 Å². The molecule has 1 aliphatic heterocycles. The molecule has 0 aromatic carbocycles. The van der Waals surface area contributed by atoms with Crippen LogP contribution in [-0.2, 0) is 0 Å². The second kappa shape index (κ2) is 7.72. The van der Waals surface area contributed by atoms with Crippen LogP contribution in [0.2, 0.25) is 0 Å². The number of carbonyl (C=O) groups is 1. The first kappa shape index (κ1) is 16.2. The molecule has 0 spiro atoms. The highest BCUT2D eigenvalue weighted by Crippen LogP contribution is 2.17. The Kier molecular flexibility index (Phi) is 5.96. The number of anilines is 1. The molecule has 1 unspecified atom stereocenters. The first-order chi connectivity index (χ1) is 10.1. The third-order valence-corrected chi connectivity index (χ3v) is 4.05.